The molecule has 0 aromatic heterocycles. The number of aryl methyl sites for hydroxylation is 2. The van der Waals surface area contributed by atoms with E-state index in [9.17, 15) is 9.18 Å². The van der Waals surface area contributed by atoms with Crippen LogP contribution in [0.5, 0.6) is 0 Å². The van der Waals surface area contributed by atoms with Gasteiger partial charge < -0.3 is 5.32 Å². The Balaban J connectivity index is 1.65. The number of rotatable bonds is 3. The van der Waals surface area contributed by atoms with E-state index < -0.39 is 0 Å². The lowest BCUT2D eigenvalue weighted by molar-refractivity contribution is -0.115. The monoisotopic (exact) mass is 283 g/mol. The summed E-state index contributed by atoms with van der Waals surface area (Å²) in [7, 11) is 0. The van der Waals surface area contributed by atoms with Gasteiger partial charge in [0, 0.05) is 5.69 Å². The smallest absolute Gasteiger partial charge is 0.228 e. The third-order valence-electron chi connectivity index (χ3n) is 3.91. The highest BCUT2D eigenvalue weighted by Gasteiger charge is 2.11. The van der Waals surface area contributed by atoms with Crippen molar-refractivity contribution in [3.63, 3.8) is 0 Å². The highest BCUT2D eigenvalue weighted by atomic mass is 19.1. The summed E-state index contributed by atoms with van der Waals surface area (Å²) in [6.45, 7) is 0. The van der Waals surface area contributed by atoms with Gasteiger partial charge in [0.25, 0.3) is 0 Å². The summed E-state index contributed by atoms with van der Waals surface area (Å²) >= 11 is 0. The second kappa shape index (κ2) is 6.08. The number of nitrogens with one attached hydrogen (secondary N) is 1. The lowest BCUT2D eigenvalue weighted by atomic mass is 9.90. The molecule has 1 amide bonds. The molecular formula is C18H18FNO. The van der Waals surface area contributed by atoms with Gasteiger partial charge in [-0.05, 0) is 66.6 Å². The molecule has 0 spiro atoms. The van der Waals surface area contributed by atoms with Gasteiger partial charge in [0.1, 0.15) is 5.82 Å². The van der Waals surface area contributed by atoms with Crippen LogP contribution in [0.25, 0.3) is 0 Å². The van der Waals surface area contributed by atoms with Crippen molar-refractivity contribution < 1.29 is 9.18 Å². The molecule has 0 saturated heterocycles. The van der Waals surface area contributed by atoms with E-state index >= 15 is 0 Å². The van der Waals surface area contributed by atoms with Crippen LogP contribution in [0.15, 0.2) is 42.5 Å². The van der Waals surface area contributed by atoms with Crippen molar-refractivity contribution >= 4 is 11.6 Å². The Morgan fingerprint density at radius 2 is 1.71 bits per heavy atom. The molecule has 0 fully saturated rings. The van der Waals surface area contributed by atoms with Crippen LogP contribution in [0.3, 0.4) is 0 Å². The standard InChI is InChI=1S/C18H18FNO/c19-16-7-9-17(10-8-16)20-18(21)12-13-5-6-14-3-1-2-4-15(14)11-13/h5-11H,1-4,12H2,(H,20,21). The second-order valence-electron chi connectivity index (χ2n) is 5.54. The van der Waals surface area contributed by atoms with E-state index in [0.29, 0.717) is 12.1 Å². The van der Waals surface area contributed by atoms with E-state index in [2.05, 4.69) is 17.4 Å². The predicted octanol–water partition coefficient (Wildman–Crippen LogP) is 3.89. The van der Waals surface area contributed by atoms with E-state index in [0.717, 1.165) is 18.4 Å². The van der Waals surface area contributed by atoms with Crippen molar-refractivity contribution in [1.29, 1.82) is 0 Å². The van der Waals surface area contributed by atoms with E-state index in [1.54, 1.807) is 12.1 Å². The highest BCUT2D eigenvalue weighted by Crippen LogP contribution is 2.22. The van der Waals surface area contributed by atoms with Crippen LogP contribution in [0.4, 0.5) is 10.1 Å². The van der Waals surface area contributed by atoms with E-state index in [1.807, 2.05) is 6.07 Å². The first kappa shape index (κ1) is 13.8. The Morgan fingerprint density at radius 1 is 1.00 bits per heavy atom. The summed E-state index contributed by atoms with van der Waals surface area (Å²) in [6.07, 6.45) is 5.11. The number of benzene rings is 2. The molecule has 0 bridgehead atoms. The van der Waals surface area contributed by atoms with Gasteiger partial charge in [-0.15, -0.1) is 0 Å². The number of hydrogen-bond donors (Lipinski definition) is 1. The Kier molecular flexibility index (Phi) is 4.00. The van der Waals surface area contributed by atoms with Crippen LogP contribution in [0.2, 0.25) is 0 Å². The zero-order valence-electron chi connectivity index (χ0n) is 11.9. The molecule has 1 aliphatic rings. The van der Waals surface area contributed by atoms with E-state index in [4.69, 9.17) is 0 Å². The first-order chi connectivity index (χ1) is 10.2. The molecule has 108 valence electrons. The van der Waals surface area contributed by atoms with Gasteiger partial charge in [-0.2, -0.15) is 0 Å². The van der Waals surface area contributed by atoms with E-state index in [1.165, 1.54) is 36.1 Å². The van der Waals surface area contributed by atoms with Gasteiger partial charge in [0.15, 0.2) is 0 Å². The maximum Gasteiger partial charge on any atom is 0.228 e. The van der Waals surface area contributed by atoms with E-state index in [-0.39, 0.29) is 11.7 Å². The van der Waals surface area contributed by atoms with Crippen LogP contribution in [-0.2, 0) is 24.1 Å². The Hall–Kier alpha value is -2.16. The van der Waals surface area contributed by atoms with Crippen LogP contribution in [0, 0.1) is 5.82 Å². The van der Waals surface area contributed by atoms with Crippen LogP contribution in [-0.4, -0.2) is 5.91 Å². The number of carbonyl (C=O) groups is 1. The van der Waals surface area contributed by atoms with Crippen molar-refractivity contribution in [3.8, 4) is 0 Å². The molecule has 0 atom stereocenters. The first-order valence-corrected chi connectivity index (χ1v) is 7.37. The minimum atomic E-state index is -0.303. The number of hydrogen-bond acceptors (Lipinski definition) is 1. The molecule has 0 saturated carbocycles. The normalized spacial score (nSPS) is 13.6. The van der Waals surface area contributed by atoms with Gasteiger partial charge in [0.05, 0.1) is 6.42 Å². The third-order valence-corrected chi connectivity index (χ3v) is 3.91. The average molecular weight is 283 g/mol. The van der Waals surface area contributed by atoms with Crippen molar-refractivity contribution in [1.82, 2.24) is 0 Å². The zero-order chi connectivity index (χ0) is 14.7. The van der Waals surface area contributed by atoms with Crippen LogP contribution >= 0.6 is 0 Å². The summed E-state index contributed by atoms with van der Waals surface area (Å²) in [6, 6.07) is 12.2. The SMILES string of the molecule is O=C(Cc1ccc2c(c1)CCCC2)Nc1ccc(F)cc1. The lowest BCUT2D eigenvalue weighted by Crippen LogP contribution is -2.15. The first-order valence-electron chi connectivity index (χ1n) is 7.37. The molecule has 3 heteroatoms. The minimum Gasteiger partial charge on any atom is -0.326 e. The second-order valence-corrected chi connectivity index (χ2v) is 5.54. The molecule has 3 rings (SSSR count). The highest BCUT2D eigenvalue weighted by molar-refractivity contribution is 5.92. The summed E-state index contributed by atoms with van der Waals surface area (Å²) in [4.78, 5) is 12.0. The maximum absolute atomic E-state index is 12.8. The van der Waals surface area contributed by atoms with Gasteiger partial charge in [0.2, 0.25) is 5.91 Å². The van der Waals surface area contributed by atoms with Gasteiger partial charge in [-0.1, -0.05) is 18.2 Å². The topological polar surface area (TPSA) is 29.1 Å². The molecule has 0 unspecified atom stereocenters. The van der Waals surface area contributed by atoms with Crippen molar-refractivity contribution in [2.45, 2.75) is 32.1 Å². The van der Waals surface area contributed by atoms with Crippen molar-refractivity contribution in [2.24, 2.45) is 0 Å². The molecule has 1 aliphatic carbocycles. The number of fused-ring (bicyclic) bond motifs is 1. The average Bonchev–Trinajstić information content (AvgIpc) is 2.49. The largest absolute Gasteiger partial charge is 0.326 e. The molecule has 0 heterocycles. The summed E-state index contributed by atoms with van der Waals surface area (Å²) in [5, 5.41) is 2.79. The summed E-state index contributed by atoms with van der Waals surface area (Å²) in [5.74, 6) is -0.375. The third kappa shape index (κ3) is 3.48. The minimum absolute atomic E-state index is 0.0719. The molecule has 0 aliphatic heterocycles. The molecule has 21 heavy (non-hydrogen) atoms. The number of halogens is 1. The number of carbonyl (C=O) groups excluding carboxylic acids is 1. The van der Waals surface area contributed by atoms with Gasteiger partial charge in [-0.25, -0.2) is 4.39 Å². The van der Waals surface area contributed by atoms with Crippen molar-refractivity contribution in [2.75, 3.05) is 5.32 Å². The summed E-state index contributed by atoms with van der Waals surface area (Å²) in [5.41, 5.74) is 4.46. The molecule has 2 aromatic rings. The Morgan fingerprint density at radius 3 is 2.48 bits per heavy atom. The van der Waals surface area contributed by atoms with Gasteiger partial charge in [-0.3, -0.25) is 4.79 Å². The van der Waals surface area contributed by atoms with Crippen LogP contribution < -0.4 is 5.32 Å². The van der Waals surface area contributed by atoms with Crippen LogP contribution in [0.1, 0.15) is 29.5 Å². The molecule has 2 aromatic carbocycles. The number of amides is 1. The summed E-state index contributed by atoms with van der Waals surface area (Å²) < 4.78 is 12.8. The fourth-order valence-electron chi connectivity index (χ4n) is 2.82. The molecule has 1 N–H and O–H groups in total. The molecule has 0 radical (unpaired) electrons. The lowest BCUT2D eigenvalue weighted by Gasteiger charge is -2.16. The fraction of sp³-hybridized carbons (Fsp3) is 0.278. The Bertz CT molecular complexity index is 649. The molecule has 2 nitrogen and oxygen atoms in total. The van der Waals surface area contributed by atoms with Crippen molar-refractivity contribution in [3.05, 3.63) is 65.0 Å². The predicted molar refractivity (Wildman–Crippen MR) is 81.8 cm³/mol. The zero-order valence-corrected chi connectivity index (χ0v) is 11.9. The molecular weight excluding hydrogens is 265 g/mol. The quantitative estimate of drug-likeness (QED) is 0.910. The number of anilines is 1. The maximum atomic E-state index is 12.8. The van der Waals surface area contributed by atoms with Gasteiger partial charge >= 0.3 is 0 Å². The fourth-order valence-corrected chi connectivity index (χ4v) is 2.82. The Labute approximate surface area is 124 Å².